The van der Waals surface area contributed by atoms with Crippen LogP contribution in [0.3, 0.4) is 0 Å². The Hall–Kier alpha value is -1.64. The van der Waals surface area contributed by atoms with Gasteiger partial charge in [0.05, 0.1) is 5.69 Å². The number of fused-ring (bicyclic) bond motifs is 2. The Morgan fingerprint density at radius 2 is 2.11 bits per heavy atom. The van der Waals surface area contributed by atoms with Crippen molar-refractivity contribution in [1.29, 1.82) is 0 Å². The molecule has 0 spiro atoms. The van der Waals surface area contributed by atoms with Gasteiger partial charge in [0.2, 0.25) is 0 Å². The summed E-state index contributed by atoms with van der Waals surface area (Å²) in [5.74, 6) is 1.62. The van der Waals surface area contributed by atoms with Crippen molar-refractivity contribution in [1.82, 2.24) is 15.0 Å². The normalized spacial score (nSPS) is 27.2. The van der Waals surface area contributed by atoms with Gasteiger partial charge in [-0.3, -0.25) is 0 Å². The number of aromatic amines is 1. The number of hydrogen-bond acceptors (Lipinski definition) is 2. The van der Waals surface area contributed by atoms with E-state index in [1.165, 1.54) is 43.1 Å². The van der Waals surface area contributed by atoms with Crippen LogP contribution in [0.5, 0.6) is 0 Å². The van der Waals surface area contributed by atoms with Crippen molar-refractivity contribution in [3.8, 4) is 0 Å². The summed E-state index contributed by atoms with van der Waals surface area (Å²) in [6.45, 7) is 0. The smallest absolute Gasteiger partial charge is 0.141 e. The summed E-state index contributed by atoms with van der Waals surface area (Å²) in [4.78, 5) is 12.0. The summed E-state index contributed by atoms with van der Waals surface area (Å²) in [5, 5.41) is 1.18. The van der Waals surface area contributed by atoms with Gasteiger partial charge in [0.1, 0.15) is 12.0 Å². The summed E-state index contributed by atoms with van der Waals surface area (Å²) in [7, 11) is 0. The van der Waals surface area contributed by atoms with Gasteiger partial charge in [-0.25, -0.2) is 9.97 Å². The molecule has 1 fully saturated rings. The van der Waals surface area contributed by atoms with Gasteiger partial charge in [-0.1, -0.05) is 18.9 Å². The first-order chi connectivity index (χ1) is 8.93. The Bertz CT molecular complexity index is 611. The third-order valence-electron chi connectivity index (χ3n) is 4.58. The molecule has 0 saturated heterocycles. The first-order valence-corrected chi connectivity index (χ1v) is 6.92. The lowest BCUT2D eigenvalue weighted by Gasteiger charge is -2.27. The highest BCUT2D eigenvalue weighted by atomic mass is 14.9. The summed E-state index contributed by atoms with van der Waals surface area (Å²) >= 11 is 0. The van der Waals surface area contributed by atoms with E-state index in [9.17, 15) is 0 Å². The number of hydrogen-bond donors (Lipinski definition) is 1. The van der Waals surface area contributed by atoms with E-state index in [1.807, 2.05) is 6.20 Å². The van der Waals surface area contributed by atoms with Crippen molar-refractivity contribution in [2.24, 2.45) is 11.8 Å². The van der Waals surface area contributed by atoms with Crippen LogP contribution in [0.4, 0.5) is 0 Å². The average Bonchev–Trinajstić information content (AvgIpc) is 3.05. The Balaban J connectivity index is 1.81. The Labute approximate surface area is 106 Å². The maximum Gasteiger partial charge on any atom is 0.141 e. The predicted molar refractivity (Wildman–Crippen MR) is 71.9 cm³/mol. The molecule has 2 aliphatic rings. The molecule has 2 aliphatic carbocycles. The highest BCUT2D eigenvalue weighted by Gasteiger charge is 2.33. The number of rotatable bonds is 1. The first kappa shape index (κ1) is 10.3. The summed E-state index contributed by atoms with van der Waals surface area (Å²) in [5.41, 5.74) is 3.60. The fourth-order valence-corrected chi connectivity index (χ4v) is 3.70. The van der Waals surface area contributed by atoms with Crippen LogP contribution >= 0.6 is 0 Å². The predicted octanol–water partition coefficient (Wildman–Crippen LogP) is 3.55. The minimum Gasteiger partial charge on any atom is -0.346 e. The molecule has 3 nitrogen and oxygen atoms in total. The molecular weight excluding hydrogens is 222 g/mol. The molecule has 0 bridgehead atoms. The Morgan fingerprint density at radius 1 is 1.17 bits per heavy atom. The van der Waals surface area contributed by atoms with E-state index in [2.05, 4.69) is 27.1 Å². The van der Waals surface area contributed by atoms with E-state index < -0.39 is 0 Å². The van der Waals surface area contributed by atoms with Crippen LogP contribution in [-0.2, 0) is 0 Å². The van der Waals surface area contributed by atoms with Gasteiger partial charge in [-0.2, -0.15) is 0 Å². The largest absolute Gasteiger partial charge is 0.346 e. The molecule has 4 rings (SSSR count). The van der Waals surface area contributed by atoms with E-state index in [0.717, 1.165) is 23.2 Å². The van der Waals surface area contributed by atoms with Crippen molar-refractivity contribution in [2.75, 3.05) is 0 Å². The topological polar surface area (TPSA) is 41.6 Å². The van der Waals surface area contributed by atoms with Crippen molar-refractivity contribution in [3.05, 3.63) is 30.4 Å². The number of nitrogens with zero attached hydrogens (tertiary/aromatic N) is 2. The van der Waals surface area contributed by atoms with Crippen molar-refractivity contribution in [2.45, 2.75) is 32.1 Å². The van der Waals surface area contributed by atoms with Gasteiger partial charge < -0.3 is 4.98 Å². The zero-order chi connectivity index (χ0) is 11.9. The fourth-order valence-electron chi connectivity index (χ4n) is 3.70. The van der Waals surface area contributed by atoms with E-state index in [1.54, 1.807) is 6.33 Å². The molecule has 2 unspecified atom stereocenters. The first-order valence-electron chi connectivity index (χ1n) is 6.92. The lowest BCUT2D eigenvalue weighted by atomic mass is 9.78. The van der Waals surface area contributed by atoms with Gasteiger partial charge in [0.25, 0.3) is 0 Å². The highest BCUT2D eigenvalue weighted by Crippen LogP contribution is 2.46. The minimum absolute atomic E-state index is 0.742. The number of aromatic nitrogens is 3. The lowest BCUT2D eigenvalue weighted by Crippen LogP contribution is -2.16. The zero-order valence-corrected chi connectivity index (χ0v) is 10.4. The zero-order valence-electron chi connectivity index (χ0n) is 10.4. The van der Waals surface area contributed by atoms with Crippen molar-refractivity contribution < 1.29 is 0 Å². The molecule has 3 heteroatoms. The maximum atomic E-state index is 4.55. The Morgan fingerprint density at radius 3 is 3.11 bits per heavy atom. The van der Waals surface area contributed by atoms with Gasteiger partial charge in [-0.15, -0.1) is 0 Å². The van der Waals surface area contributed by atoms with E-state index in [0.29, 0.717) is 0 Å². The second kappa shape index (κ2) is 3.94. The van der Waals surface area contributed by atoms with Gasteiger partial charge in [0.15, 0.2) is 0 Å². The van der Waals surface area contributed by atoms with Crippen molar-refractivity contribution >= 4 is 16.6 Å². The molecule has 1 saturated carbocycles. The lowest BCUT2D eigenvalue weighted by molar-refractivity contribution is 0.310. The molecule has 2 atom stereocenters. The molecule has 0 amide bonds. The summed E-state index contributed by atoms with van der Waals surface area (Å²) in [6, 6.07) is 2.10. The average molecular weight is 239 g/mol. The molecule has 1 N–H and O–H groups in total. The standard InChI is InChI=1S/C15H17N3/c1-2-4-11-10(3-1)5-6-12(11)14-13-7-8-16-15(13)18-9-17-14/h6-11H,1-5H2,(H,16,17,18). The van der Waals surface area contributed by atoms with Gasteiger partial charge in [0, 0.05) is 11.6 Å². The molecule has 0 aromatic carbocycles. The van der Waals surface area contributed by atoms with Gasteiger partial charge in [-0.05, 0) is 42.7 Å². The van der Waals surface area contributed by atoms with Gasteiger partial charge >= 0.3 is 0 Å². The second-order valence-electron chi connectivity index (χ2n) is 5.51. The van der Waals surface area contributed by atoms with E-state index in [-0.39, 0.29) is 0 Å². The molecule has 92 valence electrons. The monoisotopic (exact) mass is 239 g/mol. The number of H-pyrrole nitrogens is 1. The quantitative estimate of drug-likeness (QED) is 0.826. The van der Waals surface area contributed by atoms with Crippen LogP contribution in [0, 0.1) is 11.8 Å². The maximum absolute atomic E-state index is 4.55. The van der Waals surface area contributed by atoms with Crippen LogP contribution in [-0.4, -0.2) is 15.0 Å². The molecular formula is C15H17N3. The van der Waals surface area contributed by atoms with Crippen LogP contribution in [0.15, 0.2) is 24.7 Å². The van der Waals surface area contributed by atoms with Crippen molar-refractivity contribution in [3.63, 3.8) is 0 Å². The number of nitrogens with one attached hydrogen (secondary N) is 1. The highest BCUT2D eigenvalue weighted by molar-refractivity contribution is 5.89. The molecule has 2 aromatic heterocycles. The van der Waals surface area contributed by atoms with Crippen LogP contribution in [0.1, 0.15) is 37.8 Å². The van der Waals surface area contributed by atoms with E-state index in [4.69, 9.17) is 0 Å². The summed E-state index contributed by atoms with van der Waals surface area (Å²) < 4.78 is 0. The molecule has 0 aliphatic heterocycles. The fraction of sp³-hybridized carbons (Fsp3) is 0.467. The molecule has 0 radical (unpaired) electrons. The summed E-state index contributed by atoms with van der Waals surface area (Å²) in [6.07, 6.45) is 12.8. The third-order valence-corrected chi connectivity index (χ3v) is 4.58. The Kier molecular flexibility index (Phi) is 2.25. The SMILES string of the molecule is C1=C(c2ncnc3[nH]ccc23)C2CCCCC2C1. The molecule has 2 heterocycles. The van der Waals surface area contributed by atoms with Crippen LogP contribution in [0.2, 0.25) is 0 Å². The minimum atomic E-state index is 0.742. The van der Waals surface area contributed by atoms with Crippen LogP contribution in [0.25, 0.3) is 16.6 Å². The third kappa shape index (κ3) is 1.43. The number of allylic oxidation sites excluding steroid dienone is 2. The van der Waals surface area contributed by atoms with E-state index >= 15 is 0 Å². The second-order valence-corrected chi connectivity index (χ2v) is 5.51. The molecule has 18 heavy (non-hydrogen) atoms. The molecule has 2 aromatic rings. The van der Waals surface area contributed by atoms with Crippen LogP contribution < -0.4 is 0 Å².